The summed E-state index contributed by atoms with van der Waals surface area (Å²) in [4.78, 5) is 40.0. The number of hydrogen-bond acceptors (Lipinski definition) is 5. The van der Waals surface area contributed by atoms with E-state index in [0.717, 1.165) is 4.57 Å². The van der Waals surface area contributed by atoms with Crippen LogP contribution in [0.3, 0.4) is 0 Å². The summed E-state index contributed by atoms with van der Waals surface area (Å²) in [6.07, 6.45) is 3.12. The van der Waals surface area contributed by atoms with Crippen molar-refractivity contribution >= 4 is 16.9 Å². The number of aliphatic carboxylic acids is 1. The third-order valence-electron chi connectivity index (χ3n) is 4.04. The Kier molecular flexibility index (Phi) is 4.20. The lowest BCUT2D eigenvalue weighted by atomic mass is 10.1. The maximum Gasteiger partial charge on any atom is 0.335 e. The number of rotatable bonds is 4. The molecule has 25 heavy (non-hydrogen) atoms. The number of nitrogens with two attached hydrogens (primary N) is 1. The number of benzene rings is 1. The molecule has 0 fully saturated rings. The zero-order valence-corrected chi connectivity index (χ0v) is 13.4. The Morgan fingerprint density at radius 3 is 2.56 bits per heavy atom. The van der Waals surface area contributed by atoms with E-state index >= 15 is 0 Å². The van der Waals surface area contributed by atoms with Gasteiger partial charge in [0.15, 0.2) is 0 Å². The van der Waals surface area contributed by atoms with Crippen LogP contribution in [0.2, 0.25) is 0 Å². The highest BCUT2D eigenvalue weighted by Crippen LogP contribution is 2.10. The zero-order chi connectivity index (χ0) is 18.1. The second kappa shape index (κ2) is 6.33. The molecule has 1 unspecified atom stereocenters. The summed E-state index contributed by atoms with van der Waals surface area (Å²) < 4.78 is 2.43. The minimum Gasteiger partial charge on any atom is -0.480 e. The molecule has 0 aliphatic rings. The van der Waals surface area contributed by atoms with Gasteiger partial charge in [0.25, 0.3) is 5.56 Å². The van der Waals surface area contributed by atoms with Crippen molar-refractivity contribution < 1.29 is 9.90 Å². The van der Waals surface area contributed by atoms with Gasteiger partial charge < -0.3 is 10.8 Å². The number of fused-ring (bicyclic) bond motifs is 1. The lowest BCUT2D eigenvalue weighted by Crippen LogP contribution is -2.38. The molecule has 8 nitrogen and oxygen atoms in total. The standard InChI is InChI=1S/C17H16N4O4/c1-20-14-9-19-7-6-12(14)15(22)21(17(20)25)11-4-2-10(3-5-11)8-13(18)16(23)24/h2-7,9,13H,8,18H2,1H3,(H,23,24). The SMILES string of the molecule is Cn1c(=O)n(-c2ccc(CC(N)C(=O)O)cc2)c(=O)c2ccncc21. The highest BCUT2D eigenvalue weighted by Gasteiger charge is 2.14. The quantitative estimate of drug-likeness (QED) is 0.692. The number of nitrogens with zero attached hydrogens (tertiary/aromatic N) is 3. The van der Waals surface area contributed by atoms with Crippen LogP contribution in [0, 0.1) is 0 Å². The normalized spacial score (nSPS) is 12.2. The summed E-state index contributed by atoms with van der Waals surface area (Å²) in [5, 5.41) is 9.24. The number of pyridine rings is 1. The van der Waals surface area contributed by atoms with Crippen molar-refractivity contribution in [3.05, 3.63) is 69.1 Å². The van der Waals surface area contributed by atoms with Crippen LogP contribution in [0.4, 0.5) is 0 Å². The van der Waals surface area contributed by atoms with Gasteiger partial charge in [-0.25, -0.2) is 9.36 Å². The van der Waals surface area contributed by atoms with E-state index in [4.69, 9.17) is 10.8 Å². The second-order valence-corrected chi connectivity index (χ2v) is 5.69. The Labute approximate surface area is 141 Å². The Hall–Kier alpha value is -3.26. The molecule has 0 saturated heterocycles. The van der Waals surface area contributed by atoms with E-state index in [1.807, 2.05) is 0 Å². The highest BCUT2D eigenvalue weighted by molar-refractivity contribution is 5.77. The van der Waals surface area contributed by atoms with Gasteiger partial charge in [0.2, 0.25) is 0 Å². The van der Waals surface area contributed by atoms with Gasteiger partial charge in [-0.05, 0) is 30.2 Å². The van der Waals surface area contributed by atoms with Gasteiger partial charge in [0.1, 0.15) is 6.04 Å². The molecule has 3 aromatic rings. The van der Waals surface area contributed by atoms with Crippen LogP contribution >= 0.6 is 0 Å². The van der Waals surface area contributed by atoms with E-state index in [-0.39, 0.29) is 6.42 Å². The predicted molar refractivity (Wildman–Crippen MR) is 91.9 cm³/mol. The van der Waals surface area contributed by atoms with Gasteiger partial charge in [-0.1, -0.05) is 12.1 Å². The Morgan fingerprint density at radius 2 is 1.92 bits per heavy atom. The molecule has 0 radical (unpaired) electrons. The molecule has 0 spiro atoms. The molecule has 1 aromatic carbocycles. The van der Waals surface area contributed by atoms with Gasteiger partial charge in [-0.15, -0.1) is 0 Å². The van der Waals surface area contributed by atoms with Crippen molar-refractivity contribution in [2.75, 3.05) is 0 Å². The van der Waals surface area contributed by atoms with Crippen LogP contribution in [-0.2, 0) is 18.3 Å². The molecule has 2 aromatic heterocycles. The Balaban J connectivity index is 2.10. The summed E-state index contributed by atoms with van der Waals surface area (Å²) in [5.41, 5.74) is 6.15. The summed E-state index contributed by atoms with van der Waals surface area (Å²) in [7, 11) is 1.57. The summed E-state index contributed by atoms with van der Waals surface area (Å²) in [6.45, 7) is 0. The molecule has 128 valence electrons. The lowest BCUT2D eigenvalue weighted by molar-refractivity contribution is -0.138. The number of hydrogen-bond donors (Lipinski definition) is 2. The van der Waals surface area contributed by atoms with Crippen LogP contribution in [0.15, 0.2) is 52.3 Å². The molecule has 0 amide bonds. The van der Waals surface area contributed by atoms with E-state index in [0.29, 0.717) is 22.2 Å². The fourth-order valence-corrected chi connectivity index (χ4v) is 2.64. The van der Waals surface area contributed by atoms with Gasteiger partial charge in [-0.2, -0.15) is 0 Å². The van der Waals surface area contributed by atoms with Crippen LogP contribution in [0.1, 0.15) is 5.56 Å². The van der Waals surface area contributed by atoms with Crippen molar-refractivity contribution in [1.82, 2.24) is 14.1 Å². The van der Waals surface area contributed by atoms with E-state index in [9.17, 15) is 14.4 Å². The average Bonchev–Trinajstić information content (AvgIpc) is 2.61. The number of carboxylic acids is 1. The Morgan fingerprint density at radius 1 is 1.24 bits per heavy atom. The van der Waals surface area contributed by atoms with Crippen molar-refractivity contribution in [3.8, 4) is 5.69 Å². The monoisotopic (exact) mass is 340 g/mol. The molecule has 3 N–H and O–H groups in total. The molecule has 0 aliphatic heterocycles. The fourth-order valence-electron chi connectivity index (χ4n) is 2.64. The van der Waals surface area contributed by atoms with E-state index in [1.54, 1.807) is 37.4 Å². The first kappa shape index (κ1) is 16.6. The van der Waals surface area contributed by atoms with Crippen molar-refractivity contribution in [2.24, 2.45) is 12.8 Å². The van der Waals surface area contributed by atoms with Crippen molar-refractivity contribution in [3.63, 3.8) is 0 Å². The molecule has 2 heterocycles. The smallest absolute Gasteiger partial charge is 0.335 e. The topological polar surface area (TPSA) is 120 Å². The van der Waals surface area contributed by atoms with Gasteiger partial charge in [-0.3, -0.25) is 19.1 Å². The maximum atomic E-state index is 12.7. The minimum absolute atomic E-state index is 0.159. The molecule has 0 aliphatic carbocycles. The maximum absolute atomic E-state index is 12.7. The molecule has 1 atom stereocenters. The first-order chi connectivity index (χ1) is 11.9. The van der Waals surface area contributed by atoms with Crippen molar-refractivity contribution in [2.45, 2.75) is 12.5 Å². The number of aryl methyl sites for hydroxylation is 1. The Bertz CT molecular complexity index is 1070. The predicted octanol–water partition coefficient (Wildman–Crippen LogP) is 0.0388. The number of carboxylic acid groups (broad SMARTS) is 1. The van der Waals surface area contributed by atoms with Crippen LogP contribution in [-0.4, -0.2) is 31.2 Å². The van der Waals surface area contributed by atoms with E-state index in [1.165, 1.54) is 17.0 Å². The lowest BCUT2D eigenvalue weighted by Gasteiger charge is -2.11. The minimum atomic E-state index is -1.09. The number of carbonyl (C=O) groups is 1. The summed E-state index contributed by atoms with van der Waals surface area (Å²) in [6, 6.07) is 7.06. The fraction of sp³-hybridized carbons (Fsp3) is 0.176. The van der Waals surface area contributed by atoms with Gasteiger partial charge >= 0.3 is 11.7 Å². The van der Waals surface area contributed by atoms with Crippen molar-refractivity contribution in [1.29, 1.82) is 0 Å². The summed E-state index contributed by atoms with van der Waals surface area (Å²) >= 11 is 0. The highest BCUT2D eigenvalue weighted by atomic mass is 16.4. The van der Waals surface area contributed by atoms with E-state index in [2.05, 4.69) is 4.98 Å². The molecule has 0 saturated carbocycles. The molecule has 8 heteroatoms. The molecule has 3 rings (SSSR count). The second-order valence-electron chi connectivity index (χ2n) is 5.69. The van der Waals surface area contributed by atoms with Crippen LogP contribution < -0.4 is 17.0 Å². The molecule has 0 bridgehead atoms. The molecular weight excluding hydrogens is 324 g/mol. The van der Waals surface area contributed by atoms with Gasteiger partial charge in [0.05, 0.1) is 22.8 Å². The number of aromatic nitrogens is 3. The molecular formula is C17H16N4O4. The average molecular weight is 340 g/mol. The first-order valence-corrected chi connectivity index (χ1v) is 7.53. The summed E-state index contributed by atoms with van der Waals surface area (Å²) in [5.74, 6) is -1.09. The zero-order valence-electron chi connectivity index (χ0n) is 13.4. The largest absolute Gasteiger partial charge is 0.480 e. The van der Waals surface area contributed by atoms with Gasteiger partial charge in [0, 0.05) is 13.2 Å². The third kappa shape index (κ3) is 2.94. The van der Waals surface area contributed by atoms with Crippen LogP contribution in [0.5, 0.6) is 0 Å². The third-order valence-corrected chi connectivity index (χ3v) is 4.04. The van der Waals surface area contributed by atoms with E-state index < -0.39 is 23.3 Å². The van der Waals surface area contributed by atoms with Crippen LogP contribution in [0.25, 0.3) is 16.6 Å². The first-order valence-electron chi connectivity index (χ1n) is 7.53.